The summed E-state index contributed by atoms with van der Waals surface area (Å²) in [5.74, 6) is 1.28. The molecule has 21 heavy (non-hydrogen) atoms. The maximum absolute atomic E-state index is 11.1. The van der Waals surface area contributed by atoms with Crippen LogP contribution in [-0.4, -0.2) is 19.7 Å². The van der Waals surface area contributed by atoms with E-state index in [1.165, 1.54) is 0 Å². The van der Waals surface area contributed by atoms with Crippen LogP contribution >= 0.6 is 0 Å². The first-order chi connectivity index (χ1) is 9.62. The zero-order valence-electron chi connectivity index (χ0n) is 13.2. The number of hydrogen-bond acceptors (Lipinski definition) is 5. The van der Waals surface area contributed by atoms with Gasteiger partial charge in [0, 0.05) is 5.41 Å². The molecule has 0 radical (unpaired) electrons. The highest BCUT2D eigenvalue weighted by molar-refractivity contribution is 5.40. The van der Waals surface area contributed by atoms with Crippen LogP contribution in [0.4, 0.5) is 5.69 Å². The third-order valence-electron chi connectivity index (χ3n) is 3.46. The van der Waals surface area contributed by atoms with Gasteiger partial charge in [-0.2, -0.15) is 5.10 Å². The molecule has 0 saturated heterocycles. The van der Waals surface area contributed by atoms with Crippen LogP contribution in [0.25, 0.3) is 0 Å². The van der Waals surface area contributed by atoms with E-state index in [9.17, 15) is 10.1 Å². The Bertz CT molecular complexity index is 679. The summed E-state index contributed by atoms with van der Waals surface area (Å²) >= 11 is 0. The van der Waals surface area contributed by atoms with Gasteiger partial charge in [-0.1, -0.05) is 20.8 Å². The monoisotopic (exact) mass is 292 g/mol. The minimum Gasteiger partial charge on any atom is -0.443 e. The molecule has 0 spiro atoms. The molecular weight excluding hydrogens is 272 g/mol. The van der Waals surface area contributed by atoms with E-state index in [0.29, 0.717) is 17.3 Å². The second kappa shape index (κ2) is 4.98. The van der Waals surface area contributed by atoms with Crippen molar-refractivity contribution in [2.75, 3.05) is 0 Å². The van der Waals surface area contributed by atoms with Crippen LogP contribution in [0.1, 0.15) is 56.8 Å². The summed E-state index contributed by atoms with van der Waals surface area (Å²) in [5.41, 5.74) is 0.809. The first-order valence-corrected chi connectivity index (χ1v) is 6.79. The van der Waals surface area contributed by atoms with Crippen LogP contribution < -0.4 is 0 Å². The van der Waals surface area contributed by atoms with Gasteiger partial charge in [-0.25, -0.2) is 4.98 Å². The second-order valence-corrected chi connectivity index (χ2v) is 6.21. The molecule has 7 nitrogen and oxygen atoms in total. The van der Waals surface area contributed by atoms with E-state index in [-0.39, 0.29) is 17.1 Å². The average molecular weight is 292 g/mol. The number of nitrogens with zero attached hydrogens (tertiary/aromatic N) is 4. The smallest absolute Gasteiger partial charge is 0.312 e. The van der Waals surface area contributed by atoms with Crippen molar-refractivity contribution in [2.24, 2.45) is 0 Å². The fourth-order valence-corrected chi connectivity index (χ4v) is 2.23. The van der Waals surface area contributed by atoms with E-state index in [1.807, 2.05) is 27.7 Å². The molecule has 0 aliphatic carbocycles. The largest absolute Gasteiger partial charge is 0.443 e. The molecule has 0 aliphatic heterocycles. The summed E-state index contributed by atoms with van der Waals surface area (Å²) < 4.78 is 7.38. The van der Waals surface area contributed by atoms with Crippen molar-refractivity contribution in [3.05, 3.63) is 39.3 Å². The Hall–Kier alpha value is -2.18. The molecule has 0 unspecified atom stereocenters. The standard InChI is InChI=1S/C14H20N4O3/c1-8-12(18(19)20)9(2)17(16-8)10(3)13-15-7-11(21-13)14(4,5)6/h7,10H,1-6H3/t10-/m0/s1. The van der Waals surface area contributed by atoms with E-state index in [1.54, 1.807) is 24.7 Å². The van der Waals surface area contributed by atoms with E-state index in [2.05, 4.69) is 10.1 Å². The van der Waals surface area contributed by atoms with Crippen molar-refractivity contribution >= 4 is 5.69 Å². The van der Waals surface area contributed by atoms with Crippen molar-refractivity contribution in [1.82, 2.24) is 14.8 Å². The van der Waals surface area contributed by atoms with E-state index in [4.69, 9.17) is 4.42 Å². The zero-order chi connectivity index (χ0) is 15.9. The molecule has 7 heteroatoms. The Morgan fingerprint density at radius 2 is 2.00 bits per heavy atom. The average Bonchev–Trinajstić information content (AvgIpc) is 2.92. The minimum absolute atomic E-state index is 0.0458. The minimum atomic E-state index is -0.406. The molecule has 2 aromatic heterocycles. The van der Waals surface area contributed by atoms with Crippen molar-refractivity contribution in [3.63, 3.8) is 0 Å². The van der Waals surface area contributed by atoms with Crippen LogP contribution in [-0.2, 0) is 5.41 Å². The highest BCUT2D eigenvalue weighted by Gasteiger charge is 2.27. The molecule has 114 valence electrons. The number of rotatable bonds is 3. The summed E-state index contributed by atoms with van der Waals surface area (Å²) in [6, 6.07) is -0.298. The summed E-state index contributed by atoms with van der Waals surface area (Å²) in [6.45, 7) is 11.3. The van der Waals surface area contributed by atoms with Gasteiger partial charge in [0.2, 0.25) is 5.89 Å². The Morgan fingerprint density at radius 3 is 2.43 bits per heavy atom. The Balaban J connectivity index is 2.41. The first-order valence-electron chi connectivity index (χ1n) is 6.79. The van der Waals surface area contributed by atoms with Gasteiger partial charge >= 0.3 is 5.69 Å². The molecule has 1 atom stereocenters. The maximum atomic E-state index is 11.1. The molecule has 2 rings (SSSR count). The summed E-state index contributed by atoms with van der Waals surface area (Å²) in [6.07, 6.45) is 1.70. The number of aromatic nitrogens is 3. The van der Waals surface area contributed by atoms with Crippen LogP contribution in [0.15, 0.2) is 10.6 Å². The van der Waals surface area contributed by atoms with Gasteiger partial charge in [-0.3, -0.25) is 14.8 Å². The molecular formula is C14H20N4O3. The second-order valence-electron chi connectivity index (χ2n) is 6.21. The van der Waals surface area contributed by atoms with E-state index in [0.717, 1.165) is 5.76 Å². The van der Waals surface area contributed by atoms with Crippen LogP contribution in [0.3, 0.4) is 0 Å². The molecule has 0 aromatic carbocycles. The van der Waals surface area contributed by atoms with Crippen LogP contribution in [0.5, 0.6) is 0 Å². The highest BCUT2D eigenvalue weighted by atomic mass is 16.6. The van der Waals surface area contributed by atoms with Crippen molar-refractivity contribution in [1.29, 1.82) is 0 Å². The lowest BCUT2D eigenvalue weighted by Crippen LogP contribution is -2.12. The quantitative estimate of drug-likeness (QED) is 0.639. The van der Waals surface area contributed by atoms with Crippen molar-refractivity contribution < 1.29 is 9.34 Å². The predicted octanol–water partition coefficient (Wildman–Crippen LogP) is 3.30. The van der Waals surface area contributed by atoms with Gasteiger partial charge < -0.3 is 4.42 Å². The fraction of sp³-hybridized carbons (Fsp3) is 0.571. The van der Waals surface area contributed by atoms with E-state index < -0.39 is 4.92 Å². The lowest BCUT2D eigenvalue weighted by molar-refractivity contribution is -0.386. The van der Waals surface area contributed by atoms with Gasteiger partial charge in [0.05, 0.1) is 11.1 Å². The molecule has 0 aliphatic rings. The Morgan fingerprint density at radius 1 is 1.38 bits per heavy atom. The lowest BCUT2D eigenvalue weighted by Gasteiger charge is -2.14. The molecule has 0 fully saturated rings. The molecule has 0 bridgehead atoms. The third-order valence-corrected chi connectivity index (χ3v) is 3.46. The lowest BCUT2D eigenvalue weighted by atomic mass is 9.94. The summed E-state index contributed by atoms with van der Waals surface area (Å²) in [7, 11) is 0. The van der Waals surface area contributed by atoms with Crippen LogP contribution in [0.2, 0.25) is 0 Å². The number of oxazole rings is 1. The normalized spacial score (nSPS) is 13.4. The van der Waals surface area contributed by atoms with Crippen molar-refractivity contribution in [3.8, 4) is 0 Å². The SMILES string of the molecule is Cc1nn([C@@H](C)c2ncc(C(C)(C)C)o2)c(C)c1[N+](=O)[O-]. The first kappa shape index (κ1) is 15.2. The maximum Gasteiger partial charge on any atom is 0.312 e. The molecule has 0 amide bonds. The Labute approximate surface area is 123 Å². The molecule has 0 N–H and O–H groups in total. The fourth-order valence-electron chi connectivity index (χ4n) is 2.23. The van der Waals surface area contributed by atoms with E-state index >= 15 is 0 Å². The van der Waals surface area contributed by atoms with Gasteiger partial charge in [0.1, 0.15) is 23.2 Å². The topological polar surface area (TPSA) is 87.0 Å². The third kappa shape index (κ3) is 2.68. The Kier molecular flexibility index (Phi) is 3.61. The molecule has 2 aromatic rings. The number of aryl methyl sites for hydroxylation is 1. The van der Waals surface area contributed by atoms with Crippen molar-refractivity contribution in [2.45, 2.75) is 53.0 Å². The highest BCUT2D eigenvalue weighted by Crippen LogP contribution is 2.29. The molecule has 2 heterocycles. The van der Waals surface area contributed by atoms with Gasteiger partial charge in [-0.05, 0) is 20.8 Å². The van der Waals surface area contributed by atoms with Gasteiger partial charge in [-0.15, -0.1) is 0 Å². The number of nitro groups is 1. The summed E-state index contributed by atoms with van der Waals surface area (Å²) in [4.78, 5) is 14.9. The van der Waals surface area contributed by atoms with Gasteiger partial charge in [0.15, 0.2) is 0 Å². The summed E-state index contributed by atoms with van der Waals surface area (Å²) in [5, 5.41) is 15.3. The predicted molar refractivity (Wildman–Crippen MR) is 77.4 cm³/mol. The molecule has 0 saturated carbocycles. The zero-order valence-corrected chi connectivity index (χ0v) is 13.2. The van der Waals surface area contributed by atoms with Crippen LogP contribution in [0, 0.1) is 24.0 Å². The number of hydrogen-bond donors (Lipinski definition) is 0. The van der Waals surface area contributed by atoms with Gasteiger partial charge in [0.25, 0.3) is 0 Å².